The van der Waals surface area contributed by atoms with Crippen molar-refractivity contribution in [1.82, 2.24) is 9.97 Å². The minimum Gasteiger partial charge on any atom is -0.325 e. The highest BCUT2D eigenvalue weighted by Crippen LogP contribution is 2.23. The molecule has 1 aromatic carbocycles. The molecule has 1 aromatic heterocycles. The van der Waals surface area contributed by atoms with Crippen molar-refractivity contribution in [3.63, 3.8) is 0 Å². The van der Waals surface area contributed by atoms with Gasteiger partial charge in [-0.15, -0.1) is 0 Å². The largest absolute Gasteiger partial charge is 0.325 e. The van der Waals surface area contributed by atoms with Crippen LogP contribution in [0.25, 0.3) is 0 Å². The van der Waals surface area contributed by atoms with Gasteiger partial charge in [-0.2, -0.15) is 0 Å². The Balaban J connectivity index is 2.06. The fraction of sp³-hybridized carbons (Fsp3) is 0.312. The number of carbonyl (C=O) groups is 1. The summed E-state index contributed by atoms with van der Waals surface area (Å²) in [5.74, 6) is -0.181. The second-order valence-corrected chi connectivity index (χ2v) is 6.85. The Hall–Kier alpha value is -1.79. The van der Waals surface area contributed by atoms with E-state index in [1.807, 2.05) is 19.9 Å². The first-order valence-corrected chi connectivity index (χ1v) is 8.48. The lowest BCUT2D eigenvalue weighted by Gasteiger charge is -2.12. The Bertz CT molecular complexity index is 776. The van der Waals surface area contributed by atoms with Crippen LogP contribution in [0.3, 0.4) is 0 Å². The van der Waals surface area contributed by atoms with Crippen LogP contribution in [-0.2, 0) is 11.2 Å². The molecule has 0 saturated heterocycles. The van der Waals surface area contributed by atoms with E-state index in [9.17, 15) is 9.59 Å². The summed E-state index contributed by atoms with van der Waals surface area (Å²) in [5.41, 5.74) is 2.08. The van der Waals surface area contributed by atoms with Crippen LogP contribution in [-0.4, -0.2) is 21.1 Å². The van der Waals surface area contributed by atoms with Gasteiger partial charge in [0.1, 0.15) is 0 Å². The number of hydrogen-bond acceptors (Lipinski definition) is 4. The van der Waals surface area contributed by atoms with E-state index in [0.717, 1.165) is 5.56 Å². The molecule has 2 N–H and O–H groups in total. The number of aryl methyl sites for hydroxylation is 2. The number of nitrogens with one attached hydrogen (secondary N) is 2. The third-order valence-corrected chi connectivity index (χ3v) is 4.62. The van der Waals surface area contributed by atoms with Crippen LogP contribution >= 0.6 is 23.4 Å². The van der Waals surface area contributed by atoms with Crippen LogP contribution in [0, 0.1) is 6.92 Å². The number of hydrogen-bond donors (Lipinski definition) is 2. The number of nitrogens with zero attached hydrogens (tertiary/aromatic N) is 1. The Morgan fingerprint density at radius 1 is 1.43 bits per heavy atom. The van der Waals surface area contributed by atoms with Crippen molar-refractivity contribution in [2.45, 2.75) is 37.6 Å². The molecule has 2 rings (SSSR count). The number of thioether (sulfide) groups is 1. The minimum atomic E-state index is -0.412. The van der Waals surface area contributed by atoms with Crippen LogP contribution in [0.2, 0.25) is 5.02 Å². The highest BCUT2D eigenvalue weighted by molar-refractivity contribution is 8.00. The molecule has 1 atom stereocenters. The molecule has 1 heterocycles. The maximum Gasteiger partial charge on any atom is 0.251 e. The lowest BCUT2D eigenvalue weighted by Crippen LogP contribution is -2.23. The first kappa shape index (κ1) is 17.6. The van der Waals surface area contributed by atoms with E-state index < -0.39 is 5.25 Å². The second-order valence-electron chi connectivity index (χ2n) is 5.11. The fourth-order valence-corrected chi connectivity index (χ4v) is 2.87. The molecule has 0 aliphatic heterocycles. The van der Waals surface area contributed by atoms with Gasteiger partial charge < -0.3 is 10.3 Å². The van der Waals surface area contributed by atoms with Crippen LogP contribution in [0.4, 0.5) is 5.69 Å². The summed E-state index contributed by atoms with van der Waals surface area (Å²) in [6.45, 7) is 5.58. The van der Waals surface area contributed by atoms with Crippen molar-refractivity contribution < 1.29 is 4.79 Å². The van der Waals surface area contributed by atoms with Gasteiger partial charge in [0.15, 0.2) is 5.16 Å². The lowest BCUT2D eigenvalue weighted by molar-refractivity contribution is -0.115. The molecular formula is C16H18ClN3O2S. The van der Waals surface area contributed by atoms with Crippen molar-refractivity contribution >= 4 is 35.0 Å². The van der Waals surface area contributed by atoms with Gasteiger partial charge in [-0.05, 0) is 38.0 Å². The number of H-pyrrole nitrogens is 1. The molecule has 1 amide bonds. The maximum atomic E-state index is 12.3. The lowest BCUT2D eigenvalue weighted by atomic mass is 10.2. The Labute approximate surface area is 143 Å². The maximum absolute atomic E-state index is 12.3. The SMILES string of the molecule is CCc1cc(=O)[nH]c(SC(C)C(=O)Nc2ccc(C)c(Cl)c2)n1. The highest BCUT2D eigenvalue weighted by Gasteiger charge is 2.16. The average molecular weight is 352 g/mol. The van der Waals surface area contributed by atoms with Crippen LogP contribution in [0.15, 0.2) is 34.2 Å². The summed E-state index contributed by atoms with van der Waals surface area (Å²) in [4.78, 5) is 30.8. The molecule has 0 aliphatic carbocycles. The third kappa shape index (κ3) is 4.84. The average Bonchev–Trinajstić information content (AvgIpc) is 2.50. The predicted molar refractivity (Wildman–Crippen MR) is 94.4 cm³/mol. The Kier molecular flexibility index (Phi) is 5.85. The van der Waals surface area contributed by atoms with Crippen molar-refractivity contribution in [2.75, 3.05) is 5.32 Å². The van der Waals surface area contributed by atoms with Crippen LogP contribution in [0.1, 0.15) is 25.1 Å². The molecule has 1 unspecified atom stereocenters. The molecule has 0 aliphatic rings. The molecule has 122 valence electrons. The molecule has 5 nitrogen and oxygen atoms in total. The zero-order valence-electron chi connectivity index (χ0n) is 13.1. The molecule has 7 heteroatoms. The summed E-state index contributed by atoms with van der Waals surface area (Å²) in [6, 6.07) is 6.82. The molecular weight excluding hydrogens is 334 g/mol. The molecule has 0 radical (unpaired) electrons. The van der Waals surface area contributed by atoms with E-state index in [4.69, 9.17) is 11.6 Å². The molecule has 0 fully saturated rings. The minimum absolute atomic E-state index is 0.181. The van der Waals surface area contributed by atoms with Gasteiger partial charge >= 0.3 is 0 Å². The first-order valence-electron chi connectivity index (χ1n) is 7.23. The van der Waals surface area contributed by atoms with E-state index in [1.54, 1.807) is 19.1 Å². The standard InChI is InChI=1S/C16H18ClN3O2S/c1-4-11-8-14(21)20-16(19-11)23-10(3)15(22)18-12-6-5-9(2)13(17)7-12/h5-8,10H,4H2,1-3H3,(H,18,22)(H,19,20,21). The van der Waals surface area contributed by atoms with Gasteiger partial charge in [-0.1, -0.05) is 36.4 Å². The van der Waals surface area contributed by atoms with Gasteiger partial charge in [-0.25, -0.2) is 4.98 Å². The number of carbonyl (C=O) groups excluding carboxylic acids is 1. The summed E-state index contributed by atoms with van der Waals surface area (Å²) < 4.78 is 0. The van der Waals surface area contributed by atoms with Crippen molar-refractivity contribution in [2.24, 2.45) is 0 Å². The quantitative estimate of drug-likeness (QED) is 0.639. The van der Waals surface area contributed by atoms with Crippen LogP contribution in [0.5, 0.6) is 0 Å². The van der Waals surface area contributed by atoms with Crippen molar-refractivity contribution in [3.05, 3.63) is 50.9 Å². The Morgan fingerprint density at radius 2 is 2.17 bits per heavy atom. The Morgan fingerprint density at radius 3 is 2.83 bits per heavy atom. The molecule has 0 saturated carbocycles. The predicted octanol–water partition coefficient (Wildman–Crippen LogP) is 3.41. The summed E-state index contributed by atoms with van der Waals surface area (Å²) in [7, 11) is 0. The van der Waals surface area contributed by atoms with Crippen LogP contribution < -0.4 is 10.9 Å². The molecule has 0 spiro atoms. The monoisotopic (exact) mass is 351 g/mol. The molecule has 0 bridgehead atoms. The first-order chi connectivity index (χ1) is 10.9. The number of halogens is 1. The zero-order valence-corrected chi connectivity index (χ0v) is 14.7. The summed E-state index contributed by atoms with van der Waals surface area (Å²) in [6.07, 6.45) is 0.667. The number of aromatic nitrogens is 2. The second kappa shape index (κ2) is 7.66. The highest BCUT2D eigenvalue weighted by atomic mass is 35.5. The van der Waals surface area contributed by atoms with Gasteiger partial charge in [0.25, 0.3) is 5.56 Å². The zero-order chi connectivity index (χ0) is 17.0. The van der Waals surface area contributed by atoms with E-state index in [1.165, 1.54) is 17.8 Å². The number of aromatic amines is 1. The molecule has 23 heavy (non-hydrogen) atoms. The van der Waals surface area contributed by atoms with E-state index in [2.05, 4.69) is 15.3 Å². The number of amides is 1. The normalized spacial score (nSPS) is 12.0. The smallest absolute Gasteiger partial charge is 0.251 e. The third-order valence-electron chi connectivity index (χ3n) is 3.23. The topological polar surface area (TPSA) is 74.8 Å². The van der Waals surface area contributed by atoms with Crippen molar-refractivity contribution in [1.29, 1.82) is 0 Å². The van der Waals surface area contributed by atoms with E-state index in [-0.39, 0.29) is 11.5 Å². The number of anilines is 1. The van der Waals surface area contributed by atoms with Gasteiger partial charge in [0.2, 0.25) is 5.91 Å². The number of benzene rings is 1. The summed E-state index contributed by atoms with van der Waals surface area (Å²) in [5, 5.41) is 3.44. The van der Waals surface area contributed by atoms with E-state index in [0.29, 0.717) is 28.0 Å². The van der Waals surface area contributed by atoms with Gasteiger partial charge in [0, 0.05) is 22.5 Å². The van der Waals surface area contributed by atoms with E-state index >= 15 is 0 Å². The van der Waals surface area contributed by atoms with Gasteiger partial charge in [-0.3, -0.25) is 9.59 Å². The summed E-state index contributed by atoms with van der Waals surface area (Å²) >= 11 is 7.26. The van der Waals surface area contributed by atoms with Crippen molar-refractivity contribution in [3.8, 4) is 0 Å². The van der Waals surface area contributed by atoms with Gasteiger partial charge in [0.05, 0.1) is 5.25 Å². The fourth-order valence-electron chi connectivity index (χ4n) is 1.86. The number of rotatable bonds is 5. The molecule has 2 aromatic rings.